The Hall–Kier alpha value is -3.03. The maximum Gasteiger partial charge on any atom is 0.256 e. The van der Waals surface area contributed by atoms with Crippen LogP contribution in [0.2, 0.25) is 5.02 Å². The number of carbonyl (C=O) groups is 2. The fourth-order valence-corrected chi connectivity index (χ4v) is 5.76. The first kappa shape index (κ1) is 25.6. The summed E-state index contributed by atoms with van der Waals surface area (Å²) in [5.74, 6) is 0.875. The van der Waals surface area contributed by atoms with Crippen molar-refractivity contribution in [2.75, 3.05) is 52.9 Å². The zero-order valence-electron chi connectivity index (χ0n) is 21.7. The summed E-state index contributed by atoms with van der Waals surface area (Å²) in [5.41, 5.74) is 1.28. The number of likely N-dealkylation sites (N-methyl/N-ethyl adjacent to an activating group) is 1. The number of likely N-dealkylation sites (tertiary alicyclic amines) is 1. The first-order valence-electron chi connectivity index (χ1n) is 13.0. The van der Waals surface area contributed by atoms with Crippen molar-refractivity contribution in [3.05, 3.63) is 65.3 Å². The Morgan fingerprint density at radius 1 is 0.946 bits per heavy atom. The van der Waals surface area contributed by atoms with Gasteiger partial charge in [0.1, 0.15) is 5.75 Å². The van der Waals surface area contributed by atoms with Crippen LogP contribution in [-0.2, 0) is 11.8 Å². The fourth-order valence-electron chi connectivity index (χ4n) is 5.63. The van der Waals surface area contributed by atoms with Gasteiger partial charge in [-0.25, -0.2) is 0 Å². The lowest BCUT2D eigenvalue weighted by molar-refractivity contribution is -0.137. The second-order valence-electron chi connectivity index (χ2n) is 10.6. The lowest BCUT2D eigenvalue weighted by atomic mass is 9.77. The molecule has 0 unspecified atom stereocenters. The molecule has 7 nitrogen and oxygen atoms in total. The Kier molecular flexibility index (Phi) is 7.45. The van der Waals surface area contributed by atoms with Crippen LogP contribution in [0.3, 0.4) is 0 Å². The molecule has 2 aliphatic heterocycles. The highest BCUT2D eigenvalue weighted by Gasteiger charge is 2.41. The van der Waals surface area contributed by atoms with Gasteiger partial charge in [0.2, 0.25) is 5.91 Å². The Balaban J connectivity index is 1.38. The average Bonchev–Trinajstić information content (AvgIpc) is 3.25. The molecule has 5 rings (SSSR count). The van der Waals surface area contributed by atoms with Gasteiger partial charge in [0.15, 0.2) is 0 Å². The van der Waals surface area contributed by atoms with E-state index in [-0.39, 0.29) is 11.8 Å². The van der Waals surface area contributed by atoms with Gasteiger partial charge in [-0.3, -0.25) is 9.59 Å². The maximum absolute atomic E-state index is 13.8. The number of fused-ring (bicyclic) bond motifs is 1. The van der Waals surface area contributed by atoms with Crippen LogP contribution in [0, 0.1) is 5.41 Å². The third kappa shape index (κ3) is 5.63. The number of hydrogen-bond acceptors (Lipinski definition) is 4. The average molecular weight is 523 g/mol. The summed E-state index contributed by atoms with van der Waals surface area (Å²) in [6.45, 7) is 4.77. The summed E-state index contributed by atoms with van der Waals surface area (Å²) < 4.78 is 8.24. The number of hydrogen-bond donors (Lipinski definition) is 0. The van der Waals surface area contributed by atoms with Crippen molar-refractivity contribution in [2.24, 2.45) is 12.5 Å². The molecule has 2 aromatic carbocycles. The van der Waals surface area contributed by atoms with E-state index < -0.39 is 5.41 Å². The SMILES string of the molecule is CN1CCN(C(=O)C[C@]2(COc3ccc(Cl)cc3)CCCN(C(=O)c3cn(C)c4ccccc34)C2)CC1. The number of halogens is 1. The Labute approximate surface area is 223 Å². The molecular weight excluding hydrogens is 488 g/mol. The second kappa shape index (κ2) is 10.8. The Bertz CT molecular complexity index is 1270. The molecule has 0 N–H and O–H groups in total. The van der Waals surface area contributed by atoms with E-state index >= 15 is 0 Å². The van der Waals surface area contributed by atoms with Gasteiger partial charge in [0.05, 0.1) is 12.2 Å². The highest BCUT2D eigenvalue weighted by molar-refractivity contribution is 6.30. The summed E-state index contributed by atoms with van der Waals surface area (Å²) in [7, 11) is 4.05. The number of para-hydroxylation sites is 1. The van der Waals surface area contributed by atoms with E-state index in [2.05, 4.69) is 11.9 Å². The predicted octanol–water partition coefficient (Wildman–Crippen LogP) is 4.30. The monoisotopic (exact) mass is 522 g/mol. The van der Waals surface area contributed by atoms with Gasteiger partial charge < -0.3 is 24.0 Å². The number of ether oxygens (including phenoxy) is 1. The summed E-state index contributed by atoms with van der Waals surface area (Å²) >= 11 is 6.05. The lowest BCUT2D eigenvalue weighted by Crippen LogP contribution is -2.53. The fraction of sp³-hybridized carbons (Fsp3) is 0.448. The number of rotatable bonds is 6. The van der Waals surface area contributed by atoms with Crippen molar-refractivity contribution in [3.63, 3.8) is 0 Å². The number of aryl methyl sites for hydroxylation is 1. The molecule has 37 heavy (non-hydrogen) atoms. The third-order valence-electron chi connectivity index (χ3n) is 7.82. The largest absolute Gasteiger partial charge is 0.493 e. The molecule has 0 spiro atoms. The summed E-state index contributed by atoms with van der Waals surface area (Å²) in [5, 5.41) is 1.61. The number of benzene rings is 2. The van der Waals surface area contributed by atoms with Crippen molar-refractivity contribution in [2.45, 2.75) is 19.3 Å². The molecule has 0 bridgehead atoms. The van der Waals surface area contributed by atoms with Crippen LogP contribution >= 0.6 is 11.6 Å². The van der Waals surface area contributed by atoms with Crippen LogP contribution in [-0.4, -0.2) is 84.0 Å². The molecule has 2 fully saturated rings. The van der Waals surface area contributed by atoms with Gasteiger partial charge in [-0.15, -0.1) is 0 Å². The van der Waals surface area contributed by atoms with Crippen molar-refractivity contribution < 1.29 is 14.3 Å². The zero-order valence-corrected chi connectivity index (χ0v) is 22.4. The molecule has 2 saturated heterocycles. The van der Waals surface area contributed by atoms with Gasteiger partial charge >= 0.3 is 0 Å². The van der Waals surface area contributed by atoms with Crippen LogP contribution in [0.1, 0.15) is 29.6 Å². The molecule has 2 amide bonds. The molecule has 3 heterocycles. The maximum atomic E-state index is 13.8. The Morgan fingerprint density at radius 3 is 2.43 bits per heavy atom. The topological polar surface area (TPSA) is 58.0 Å². The minimum atomic E-state index is -0.460. The van der Waals surface area contributed by atoms with Crippen molar-refractivity contribution in [1.82, 2.24) is 19.3 Å². The van der Waals surface area contributed by atoms with Crippen LogP contribution < -0.4 is 4.74 Å². The number of amides is 2. The molecular formula is C29H35ClN4O3. The molecule has 0 aliphatic carbocycles. The van der Waals surface area contributed by atoms with E-state index in [9.17, 15) is 9.59 Å². The molecule has 1 atom stereocenters. The van der Waals surface area contributed by atoms with Gasteiger partial charge in [-0.05, 0) is 50.2 Å². The van der Waals surface area contributed by atoms with Gasteiger partial charge in [-0.2, -0.15) is 0 Å². The number of piperazine rings is 1. The summed E-state index contributed by atoms with van der Waals surface area (Å²) in [6.07, 6.45) is 3.95. The molecule has 8 heteroatoms. The van der Waals surface area contributed by atoms with Crippen LogP contribution in [0.5, 0.6) is 5.75 Å². The smallest absolute Gasteiger partial charge is 0.256 e. The highest BCUT2D eigenvalue weighted by atomic mass is 35.5. The highest BCUT2D eigenvalue weighted by Crippen LogP contribution is 2.37. The molecule has 0 radical (unpaired) electrons. The number of nitrogens with zero attached hydrogens (tertiary/aromatic N) is 4. The summed E-state index contributed by atoms with van der Waals surface area (Å²) in [4.78, 5) is 33.4. The van der Waals surface area contributed by atoms with E-state index in [1.807, 2.05) is 64.0 Å². The summed E-state index contributed by atoms with van der Waals surface area (Å²) in [6, 6.07) is 15.3. The van der Waals surface area contributed by atoms with Gasteiger partial charge in [0, 0.05) is 80.3 Å². The molecule has 0 saturated carbocycles. The second-order valence-corrected chi connectivity index (χ2v) is 11.0. The molecule has 3 aromatic rings. The number of aromatic nitrogens is 1. The van der Waals surface area contributed by atoms with E-state index in [0.29, 0.717) is 42.5 Å². The normalized spacial score (nSPS) is 20.8. The van der Waals surface area contributed by atoms with Crippen LogP contribution in [0.15, 0.2) is 54.7 Å². The van der Waals surface area contributed by atoms with Crippen molar-refractivity contribution >= 4 is 34.3 Å². The van der Waals surface area contributed by atoms with E-state index in [1.54, 1.807) is 12.1 Å². The molecule has 196 valence electrons. The minimum absolute atomic E-state index is 0.0133. The molecule has 2 aliphatic rings. The minimum Gasteiger partial charge on any atom is -0.493 e. The van der Waals surface area contributed by atoms with E-state index in [4.69, 9.17) is 16.3 Å². The van der Waals surface area contributed by atoms with Crippen LogP contribution in [0.25, 0.3) is 10.9 Å². The molecule has 1 aromatic heterocycles. The standard InChI is InChI=1S/C29H35ClN4O3/c1-31-14-16-33(17-15-31)27(35)18-29(21-37-23-10-8-22(30)9-11-23)12-5-13-34(20-29)28(36)25-19-32(2)26-7-4-3-6-24(25)26/h3-4,6-11,19H,5,12-18,20-21H2,1-2H3/t29-/m1/s1. The zero-order chi connectivity index (χ0) is 26.0. The third-order valence-corrected chi connectivity index (χ3v) is 8.07. The van der Waals surface area contributed by atoms with E-state index in [0.717, 1.165) is 49.9 Å². The predicted molar refractivity (Wildman–Crippen MR) is 146 cm³/mol. The first-order chi connectivity index (χ1) is 17.8. The lowest BCUT2D eigenvalue weighted by Gasteiger charge is -2.43. The van der Waals surface area contributed by atoms with Gasteiger partial charge in [-0.1, -0.05) is 29.8 Å². The van der Waals surface area contributed by atoms with Crippen LogP contribution in [0.4, 0.5) is 0 Å². The first-order valence-corrected chi connectivity index (χ1v) is 13.4. The van der Waals surface area contributed by atoms with Crippen molar-refractivity contribution in [3.8, 4) is 5.75 Å². The van der Waals surface area contributed by atoms with E-state index in [1.165, 1.54) is 0 Å². The Morgan fingerprint density at radius 2 is 1.68 bits per heavy atom. The number of carbonyl (C=O) groups excluding carboxylic acids is 2. The quantitative estimate of drug-likeness (QED) is 0.484. The van der Waals surface area contributed by atoms with Crippen molar-refractivity contribution in [1.29, 1.82) is 0 Å². The number of piperidine rings is 1. The van der Waals surface area contributed by atoms with Gasteiger partial charge in [0.25, 0.3) is 5.91 Å².